The van der Waals surface area contributed by atoms with E-state index >= 15 is 0 Å². The summed E-state index contributed by atoms with van der Waals surface area (Å²) in [7, 11) is 0. The summed E-state index contributed by atoms with van der Waals surface area (Å²) >= 11 is 0. The van der Waals surface area contributed by atoms with Crippen LogP contribution in [0.3, 0.4) is 0 Å². The Labute approximate surface area is 157 Å². The predicted octanol–water partition coefficient (Wildman–Crippen LogP) is 4.94. The minimum Gasteiger partial charge on any atom is -0.436 e. The molecule has 0 fully saturated rings. The minimum absolute atomic E-state index is 0.158. The van der Waals surface area contributed by atoms with Crippen molar-refractivity contribution >= 4 is 5.91 Å². The van der Waals surface area contributed by atoms with Crippen molar-refractivity contribution in [1.29, 1.82) is 0 Å². The average Bonchev–Trinajstić information content (AvgIpc) is 3.23. The Morgan fingerprint density at radius 3 is 2.30 bits per heavy atom. The molecule has 132 valence electrons. The van der Waals surface area contributed by atoms with Gasteiger partial charge in [0.15, 0.2) is 5.76 Å². The van der Waals surface area contributed by atoms with E-state index in [2.05, 4.69) is 10.3 Å². The molecule has 4 aromatic rings. The van der Waals surface area contributed by atoms with Crippen molar-refractivity contribution in [3.05, 3.63) is 102 Å². The topological polar surface area (TPSA) is 55.1 Å². The Hall–Kier alpha value is -3.66. The van der Waals surface area contributed by atoms with E-state index in [0.29, 0.717) is 29.3 Å². The number of rotatable bonds is 5. The highest BCUT2D eigenvalue weighted by atomic mass is 16.4. The van der Waals surface area contributed by atoms with E-state index in [0.717, 1.165) is 11.1 Å². The van der Waals surface area contributed by atoms with Gasteiger partial charge in [-0.15, -0.1) is 0 Å². The lowest BCUT2D eigenvalue weighted by atomic mass is 10.1. The fraction of sp³-hybridized carbons (Fsp3) is 0.0435. The third kappa shape index (κ3) is 3.80. The molecule has 0 saturated carbocycles. The zero-order valence-electron chi connectivity index (χ0n) is 14.6. The second-order valence-corrected chi connectivity index (χ2v) is 6.11. The summed E-state index contributed by atoms with van der Waals surface area (Å²) in [6.07, 6.45) is 1.68. The van der Waals surface area contributed by atoms with Crippen molar-refractivity contribution in [3.8, 4) is 22.8 Å². The van der Waals surface area contributed by atoms with Gasteiger partial charge in [-0.2, -0.15) is 0 Å². The van der Waals surface area contributed by atoms with Crippen molar-refractivity contribution in [2.75, 3.05) is 0 Å². The third-order valence-corrected chi connectivity index (χ3v) is 4.26. The molecule has 0 aliphatic rings. The summed E-state index contributed by atoms with van der Waals surface area (Å²) in [5.41, 5.74) is 3.20. The number of amides is 1. The molecule has 4 nitrogen and oxygen atoms in total. The Morgan fingerprint density at radius 1 is 0.852 bits per heavy atom. The summed E-state index contributed by atoms with van der Waals surface area (Å²) < 4.78 is 5.92. The van der Waals surface area contributed by atoms with Crippen LogP contribution in [0.2, 0.25) is 0 Å². The highest BCUT2D eigenvalue weighted by molar-refractivity contribution is 6.00. The molecule has 0 atom stereocenters. The van der Waals surface area contributed by atoms with E-state index in [9.17, 15) is 4.79 Å². The first-order chi connectivity index (χ1) is 13.3. The molecule has 1 N–H and O–H groups in total. The number of aromatic nitrogens is 1. The van der Waals surface area contributed by atoms with Crippen LogP contribution in [0.5, 0.6) is 0 Å². The number of hydrogen-bond donors (Lipinski definition) is 1. The largest absolute Gasteiger partial charge is 0.436 e. The van der Waals surface area contributed by atoms with Crippen LogP contribution >= 0.6 is 0 Å². The van der Waals surface area contributed by atoms with Crippen molar-refractivity contribution < 1.29 is 9.21 Å². The van der Waals surface area contributed by atoms with Crippen LogP contribution in [0.15, 0.2) is 95.5 Å². The molecule has 4 rings (SSSR count). The number of nitrogens with zero attached hydrogens (tertiary/aromatic N) is 1. The summed E-state index contributed by atoms with van der Waals surface area (Å²) in [4.78, 5) is 17.1. The Morgan fingerprint density at radius 2 is 1.52 bits per heavy atom. The first-order valence-electron chi connectivity index (χ1n) is 8.74. The minimum atomic E-state index is -0.158. The summed E-state index contributed by atoms with van der Waals surface area (Å²) in [5.74, 6) is 0.943. The zero-order chi connectivity index (χ0) is 18.5. The highest BCUT2D eigenvalue weighted by Crippen LogP contribution is 2.28. The molecular weight excluding hydrogens is 336 g/mol. The summed E-state index contributed by atoms with van der Waals surface area (Å²) in [6.45, 7) is 0.467. The van der Waals surface area contributed by atoms with Crippen LogP contribution in [0, 0.1) is 0 Å². The van der Waals surface area contributed by atoms with E-state index in [1.165, 1.54) is 0 Å². The standard InChI is InChI=1S/C23H18N2O2/c26-22(24-15-17-9-3-1-4-10-17)19-13-7-8-14-20(19)23-25-16-21(27-23)18-11-5-2-6-12-18/h1-14,16H,15H2,(H,24,26). The SMILES string of the molecule is O=C(NCc1ccccc1)c1ccccc1-c1ncc(-c2ccccc2)o1. The van der Waals surface area contributed by atoms with Crippen molar-refractivity contribution in [2.24, 2.45) is 0 Å². The molecule has 3 aromatic carbocycles. The van der Waals surface area contributed by atoms with Gasteiger partial charge in [0.2, 0.25) is 5.89 Å². The van der Waals surface area contributed by atoms with E-state index < -0.39 is 0 Å². The lowest BCUT2D eigenvalue weighted by Crippen LogP contribution is -2.23. The monoisotopic (exact) mass is 354 g/mol. The van der Waals surface area contributed by atoms with Gasteiger partial charge in [-0.1, -0.05) is 72.8 Å². The molecule has 0 aliphatic carbocycles. The van der Waals surface area contributed by atoms with Crippen molar-refractivity contribution in [3.63, 3.8) is 0 Å². The quantitative estimate of drug-likeness (QED) is 0.552. The van der Waals surface area contributed by atoms with Crippen molar-refractivity contribution in [2.45, 2.75) is 6.54 Å². The van der Waals surface area contributed by atoms with E-state index in [-0.39, 0.29) is 5.91 Å². The maximum Gasteiger partial charge on any atom is 0.252 e. The first-order valence-corrected chi connectivity index (χ1v) is 8.74. The van der Waals surface area contributed by atoms with E-state index in [1.807, 2.05) is 78.9 Å². The maximum atomic E-state index is 12.7. The van der Waals surface area contributed by atoms with Gasteiger partial charge in [0.05, 0.1) is 11.8 Å². The fourth-order valence-corrected chi connectivity index (χ4v) is 2.88. The van der Waals surface area contributed by atoms with Gasteiger partial charge in [-0.25, -0.2) is 4.98 Å². The highest BCUT2D eigenvalue weighted by Gasteiger charge is 2.16. The number of nitrogens with one attached hydrogen (secondary N) is 1. The molecule has 0 radical (unpaired) electrons. The van der Waals surface area contributed by atoms with Crippen LogP contribution in [0.1, 0.15) is 15.9 Å². The molecule has 1 amide bonds. The van der Waals surface area contributed by atoms with Crippen LogP contribution in [-0.2, 0) is 6.54 Å². The third-order valence-electron chi connectivity index (χ3n) is 4.26. The normalized spacial score (nSPS) is 10.5. The van der Waals surface area contributed by atoms with E-state index in [1.54, 1.807) is 12.3 Å². The lowest BCUT2D eigenvalue weighted by Gasteiger charge is -2.08. The molecule has 27 heavy (non-hydrogen) atoms. The number of carbonyl (C=O) groups excluding carboxylic acids is 1. The molecule has 4 heteroatoms. The molecule has 0 saturated heterocycles. The Kier molecular flexibility index (Phi) is 4.79. The molecule has 0 aliphatic heterocycles. The molecular formula is C23H18N2O2. The molecule has 0 bridgehead atoms. The van der Waals surface area contributed by atoms with Gasteiger partial charge in [0, 0.05) is 17.7 Å². The second-order valence-electron chi connectivity index (χ2n) is 6.11. The number of benzene rings is 3. The molecule has 1 heterocycles. The Balaban J connectivity index is 1.58. The average molecular weight is 354 g/mol. The fourth-order valence-electron chi connectivity index (χ4n) is 2.88. The predicted molar refractivity (Wildman–Crippen MR) is 105 cm³/mol. The second kappa shape index (κ2) is 7.70. The molecule has 0 unspecified atom stereocenters. The first kappa shape index (κ1) is 16.8. The number of oxazole rings is 1. The lowest BCUT2D eigenvalue weighted by molar-refractivity contribution is 0.0951. The van der Waals surface area contributed by atoms with Gasteiger partial charge in [-0.3, -0.25) is 4.79 Å². The van der Waals surface area contributed by atoms with Crippen LogP contribution in [0.25, 0.3) is 22.8 Å². The maximum absolute atomic E-state index is 12.7. The number of hydrogen-bond acceptors (Lipinski definition) is 3. The van der Waals surface area contributed by atoms with Gasteiger partial charge in [0.25, 0.3) is 5.91 Å². The van der Waals surface area contributed by atoms with Gasteiger partial charge in [0.1, 0.15) is 0 Å². The molecule has 1 aromatic heterocycles. The van der Waals surface area contributed by atoms with Gasteiger partial charge in [-0.05, 0) is 17.7 Å². The van der Waals surface area contributed by atoms with Crippen LogP contribution in [0.4, 0.5) is 0 Å². The van der Waals surface area contributed by atoms with Crippen LogP contribution < -0.4 is 5.32 Å². The van der Waals surface area contributed by atoms with E-state index in [4.69, 9.17) is 4.42 Å². The smallest absolute Gasteiger partial charge is 0.252 e. The summed E-state index contributed by atoms with van der Waals surface area (Å²) in [5, 5.41) is 2.96. The van der Waals surface area contributed by atoms with Crippen molar-refractivity contribution in [1.82, 2.24) is 10.3 Å². The van der Waals surface area contributed by atoms with Gasteiger partial charge < -0.3 is 9.73 Å². The van der Waals surface area contributed by atoms with Crippen LogP contribution in [-0.4, -0.2) is 10.9 Å². The Bertz CT molecular complexity index is 1040. The number of carbonyl (C=O) groups is 1. The summed E-state index contributed by atoms with van der Waals surface area (Å²) in [6, 6.07) is 26.9. The molecule has 0 spiro atoms. The zero-order valence-corrected chi connectivity index (χ0v) is 14.6. The van der Waals surface area contributed by atoms with Gasteiger partial charge >= 0.3 is 0 Å².